The van der Waals surface area contributed by atoms with Crippen LogP contribution in [-0.4, -0.2) is 0 Å². The maximum atomic E-state index is 2.61. The van der Waals surface area contributed by atoms with Gasteiger partial charge >= 0.3 is 0 Å². The zero-order chi connectivity index (χ0) is 39.1. The Morgan fingerprint density at radius 1 is 0.300 bits per heavy atom. The Morgan fingerprint density at radius 2 is 0.867 bits per heavy atom. The van der Waals surface area contributed by atoms with E-state index in [1.165, 1.54) is 131 Å². The predicted octanol–water partition coefficient (Wildman–Crippen LogP) is 14.5. The second-order valence-corrected chi connectivity index (χ2v) is 17.2. The lowest BCUT2D eigenvalue weighted by Crippen LogP contribution is -2.19. The fraction of sp³-hybridized carbons (Fsp3) is 0.0667. The molecule has 0 aromatic heterocycles. The molecule has 0 spiro atoms. The highest BCUT2D eigenvalue weighted by Crippen LogP contribution is 2.53. The lowest BCUT2D eigenvalue weighted by atomic mass is 9.79. The lowest BCUT2D eigenvalue weighted by Gasteiger charge is -2.24. The molecular weight excluding hydrogens is 721 g/mol. The van der Waals surface area contributed by atoms with Gasteiger partial charge in [-0.05, 0) is 186 Å². The highest BCUT2D eigenvalue weighted by molar-refractivity contribution is 6.37. The average molecular weight is 759 g/mol. The first-order valence-corrected chi connectivity index (χ1v) is 21.6. The molecule has 14 rings (SSSR count). The van der Waals surface area contributed by atoms with Crippen molar-refractivity contribution in [3.05, 3.63) is 203 Å². The Labute approximate surface area is 348 Å². The standard InChI is InChI=1S/C60H38/c1-4-14-35(15-5-1)39-26-27-41-40-22-10-11-23-42(40)59-55(37-16-6-2-7-17-37)52-33-49-47-30-28-45-43-24-12-20-36-21-13-25-44(54(36)43)46-29-31-48(58(47)57(45)46)50(49)34-53(52)56(60(59)51(41)32-39)38-18-8-3-9-19-38/h1-11,13-23,25-27,29,31-34H,12,24,28,30H2. The van der Waals surface area contributed by atoms with Gasteiger partial charge in [0.1, 0.15) is 0 Å². The number of aryl methyl sites for hydroxylation is 2. The number of hydrogen-bond acceptors (Lipinski definition) is 0. The molecule has 0 saturated heterocycles. The van der Waals surface area contributed by atoms with Crippen LogP contribution in [0.5, 0.6) is 0 Å². The third kappa shape index (κ3) is 4.30. The van der Waals surface area contributed by atoms with Crippen molar-refractivity contribution in [1.29, 1.82) is 0 Å². The summed E-state index contributed by atoms with van der Waals surface area (Å²) in [5.41, 5.74) is 16.5. The largest absolute Gasteiger partial charge is 0.0763 e. The van der Waals surface area contributed by atoms with Crippen LogP contribution < -0.4 is 10.4 Å². The van der Waals surface area contributed by atoms with Crippen LogP contribution in [0.1, 0.15) is 29.5 Å². The average Bonchev–Trinajstić information content (AvgIpc) is 3.64. The molecule has 278 valence electrons. The van der Waals surface area contributed by atoms with Crippen molar-refractivity contribution in [2.45, 2.75) is 25.7 Å². The summed E-state index contributed by atoms with van der Waals surface area (Å²) in [4.78, 5) is 0. The maximum absolute atomic E-state index is 2.61. The Balaban J connectivity index is 1.21. The molecule has 0 saturated carbocycles. The van der Waals surface area contributed by atoms with Crippen LogP contribution in [-0.2, 0) is 12.8 Å². The van der Waals surface area contributed by atoms with Crippen molar-refractivity contribution in [2.24, 2.45) is 0 Å². The molecule has 0 nitrogen and oxygen atoms in total. The molecule has 0 atom stereocenters. The monoisotopic (exact) mass is 758 g/mol. The molecule has 60 heavy (non-hydrogen) atoms. The van der Waals surface area contributed by atoms with Gasteiger partial charge in [-0.1, -0.05) is 164 Å². The zero-order valence-corrected chi connectivity index (χ0v) is 33.1. The number of rotatable bonds is 3. The van der Waals surface area contributed by atoms with Crippen LogP contribution in [0.3, 0.4) is 0 Å². The van der Waals surface area contributed by atoms with E-state index in [2.05, 4.69) is 182 Å². The van der Waals surface area contributed by atoms with Gasteiger partial charge in [0.25, 0.3) is 0 Å². The van der Waals surface area contributed by atoms with E-state index in [1.54, 1.807) is 11.1 Å². The maximum Gasteiger partial charge on any atom is -0.000742 e. The highest BCUT2D eigenvalue weighted by Gasteiger charge is 2.31. The molecule has 0 unspecified atom stereocenters. The molecular formula is C60H38. The van der Waals surface area contributed by atoms with Crippen LogP contribution in [0, 0.1) is 0 Å². The Morgan fingerprint density at radius 3 is 1.62 bits per heavy atom. The minimum Gasteiger partial charge on any atom is -0.0763 e. The minimum atomic E-state index is 1.07. The van der Waals surface area contributed by atoms with Gasteiger partial charge < -0.3 is 0 Å². The third-order valence-electron chi connectivity index (χ3n) is 14.3. The molecule has 0 aliphatic heterocycles. The normalized spacial score (nSPS) is 13.8. The summed E-state index contributed by atoms with van der Waals surface area (Å²) in [7, 11) is 0. The highest BCUT2D eigenvalue weighted by atomic mass is 14.3. The summed E-state index contributed by atoms with van der Waals surface area (Å²) in [5.74, 6) is 0. The lowest BCUT2D eigenvalue weighted by molar-refractivity contribution is 0.949. The van der Waals surface area contributed by atoms with E-state index >= 15 is 0 Å². The SMILES string of the molecule is C1=c2cccc3c2c(c2c4c5c(ccc43)-c3cc4c(-c6ccccc6)c6c7cc(-c8ccccc8)ccc7c7ccccc7c6c(-c6ccccc6)c4cc3C=5CC2)CC1. The van der Waals surface area contributed by atoms with Gasteiger partial charge in [0.05, 0.1) is 0 Å². The van der Waals surface area contributed by atoms with Crippen molar-refractivity contribution in [2.75, 3.05) is 0 Å². The van der Waals surface area contributed by atoms with Crippen LogP contribution >= 0.6 is 0 Å². The molecule has 0 fully saturated rings. The molecule has 11 aromatic rings. The summed E-state index contributed by atoms with van der Waals surface area (Å²) < 4.78 is 0. The zero-order valence-electron chi connectivity index (χ0n) is 33.1. The van der Waals surface area contributed by atoms with Crippen molar-refractivity contribution < 1.29 is 0 Å². The Kier molecular flexibility index (Phi) is 6.60. The second-order valence-electron chi connectivity index (χ2n) is 17.2. The first-order valence-electron chi connectivity index (χ1n) is 21.6. The first-order chi connectivity index (χ1) is 29.8. The predicted molar refractivity (Wildman–Crippen MR) is 256 cm³/mol. The van der Waals surface area contributed by atoms with Gasteiger partial charge in [-0.3, -0.25) is 0 Å². The van der Waals surface area contributed by atoms with Crippen molar-refractivity contribution in [3.8, 4) is 44.5 Å². The fourth-order valence-corrected chi connectivity index (χ4v) is 11.9. The molecule has 3 aliphatic carbocycles. The number of fused-ring (bicyclic) bond motifs is 12. The van der Waals surface area contributed by atoms with Gasteiger partial charge in [-0.2, -0.15) is 0 Å². The molecule has 3 aliphatic rings. The van der Waals surface area contributed by atoms with E-state index in [0.29, 0.717) is 0 Å². The first kappa shape index (κ1) is 32.7. The molecule has 11 aromatic carbocycles. The summed E-state index contributed by atoms with van der Waals surface area (Å²) in [5, 5.41) is 19.2. The van der Waals surface area contributed by atoms with Crippen molar-refractivity contribution >= 4 is 76.3 Å². The Bertz CT molecular complexity index is 3840. The number of benzene rings is 11. The fourth-order valence-electron chi connectivity index (χ4n) is 11.9. The third-order valence-corrected chi connectivity index (χ3v) is 14.3. The van der Waals surface area contributed by atoms with Crippen LogP contribution in [0.4, 0.5) is 0 Å². The summed E-state index contributed by atoms with van der Waals surface area (Å²) in [6.07, 6.45) is 6.87. The van der Waals surface area contributed by atoms with E-state index in [9.17, 15) is 0 Å². The molecule has 0 N–H and O–H groups in total. The van der Waals surface area contributed by atoms with E-state index < -0.39 is 0 Å². The summed E-state index contributed by atoms with van der Waals surface area (Å²) >= 11 is 0. The van der Waals surface area contributed by atoms with Gasteiger partial charge in [0, 0.05) is 0 Å². The van der Waals surface area contributed by atoms with Crippen molar-refractivity contribution in [3.63, 3.8) is 0 Å². The smallest absolute Gasteiger partial charge is 0.000742 e. The molecule has 0 heteroatoms. The van der Waals surface area contributed by atoms with Gasteiger partial charge in [-0.25, -0.2) is 0 Å². The topological polar surface area (TPSA) is 0 Å². The quantitative estimate of drug-likeness (QED) is 0.124. The summed E-state index contributed by atoms with van der Waals surface area (Å²) in [6.45, 7) is 0. The summed E-state index contributed by atoms with van der Waals surface area (Å²) in [6, 6.07) is 66.7. The number of hydrogen-bond donors (Lipinski definition) is 0. The van der Waals surface area contributed by atoms with E-state index in [-0.39, 0.29) is 0 Å². The molecule has 0 amide bonds. The minimum absolute atomic E-state index is 1.07. The van der Waals surface area contributed by atoms with Crippen LogP contribution in [0.25, 0.3) is 121 Å². The van der Waals surface area contributed by atoms with E-state index in [4.69, 9.17) is 0 Å². The van der Waals surface area contributed by atoms with Crippen molar-refractivity contribution in [1.82, 2.24) is 0 Å². The second kappa shape index (κ2) is 12.1. The Hall–Kier alpha value is -7.28. The molecule has 0 radical (unpaired) electrons. The van der Waals surface area contributed by atoms with Gasteiger partial charge in [0.2, 0.25) is 0 Å². The molecule has 0 bridgehead atoms. The van der Waals surface area contributed by atoms with Gasteiger partial charge in [0.15, 0.2) is 0 Å². The van der Waals surface area contributed by atoms with E-state index in [1.807, 2.05) is 0 Å². The van der Waals surface area contributed by atoms with Crippen LogP contribution in [0.2, 0.25) is 0 Å². The van der Waals surface area contributed by atoms with E-state index in [0.717, 1.165) is 25.7 Å². The van der Waals surface area contributed by atoms with Gasteiger partial charge in [-0.15, -0.1) is 0 Å². The van der Waals surface area contributed by atoms with Crippen LogP contribution in [0.15, 0.2) is 176 Å². The molecule has 0 heterocycles.